The second kappa shape index (κ2) is 4.31. The van der Waals surface area contributed by atoms with Crippen LogP contribution < -0.4 is 5.32 Å². The van der Waals surface area contributed by atoms with Crippen molar-refractivity contribution in [3.63, 3.8) is 0 Å². The maximum Gasteiger partial charge on any atom is 0.0693 e. The maximum atomic E-state index is 9.42. The van der Waals surface area contributed by atoms with E-state index in [4.69, 9.17) is 0 Å². The van der Waals surface area contributed by atoms with Gasteiger partial charge in [0.05, 0.1) is 11.5 Å². The average Bonchev–Trinajstić information content (AvgIpc) is 2.31. The van der Waals surface area contributed by atoms with E-state index in [-0.39, 0.29) is 5.41 Å². The van der Waals surface area contributed by atoms with E-state index >= 15 is 0 Å². The van der Waals surface area contributed by atoms with Crippen LogP contribution in [0.25, 0.3) is 0 Å². The molecule has 1 heterocycles. The second-order valence-electron chi connectivity index (χ2n) is 4.85. The molecule has 0 atom stereocenters. The van der Waals surface area contributed by atoms with Gasteiger partial charge in [0.25, 0.3) is 0 Å². The van der Waals surface area contributed by atoms with Gasteiger partial charge in [-0.1, -0.05) is 19.3 Å². The summed E-state index contributed by atoms with van der Waals surface area (Å²) in [6.07, 6.45) is 8.84. The van der Waals surface area contributed by atoms with Crippen molar-refractivity contribution in [3.05, 3.63) is 0 Å². The molecule has 0 aromatic heterocycles. The summed E-state index contributed by atoms with van der Waals surface area (Å²) in [6.45, 7) is 2.09. The molecule has 2 aliphatic rings. The topological polar surface area (TPSA) is 35.8 Å². The van der Waals surface area contributed by atoms with Gasteiger partial charge < -0.3 is 5.32 Å². The van der Waals surface area contributed by atoms with Crippen molar-refractivity contribution in [2.24, 2.45) is 11.3 Å². The molecule has 1 saturated carbocycles. The lowest BCUT2D eigenvalue weighted by molar-refractivity contribution is 0.134. The summed E-state index contributed by atoms with van der Waals surface area (Å²) >= 11 is 0. The van der Waals surface area contributed by atoms with Crippen LogP contribution in [-0.2, 0) is 0 Å². The zero-order chi connectivity index (χ0) is 9.86. The molecule has 78 valence electrons. The minimum atomic E-state index is 0.0334. The highest BCUT2D eigenvalue weighted by molar-refractivity contribution is 5.05. The van der Waals surface area contributed by atoms with Crippen molar-refractivity contribution in [2.75, 3.05) is 13.1 Å². The van der Waals surface area contributed by atoms with Crippen LogP contribution in [0.4, 0.5) is 0 Å². The smallest absolute Gasteiger partial charge is 0.0693 e. The van der Waals surface area contributed by atoms with E-state index in [1.54, 1.807) is 0 Å². The second-order valence-corrected chi connectivity index (χ2v) is 4.85. The number of nitriles is 1. The molecule has 0 aromatic rings. The lowest BCUT2D eigenvalue weighted by Crippen LogP contribution is -2.41. The van der Waals surface area contributed by atoms with E-state index in [0.717, 1.165) is 25.9 Å². The molecule has 1 saturated heterocycles. The third kappa shape index (κ3) is 1.79. The van der Waals surface area contributed by atoms with Gasteiger partial charge in [-0.05, 0) is 44.7 Å². The third-order valence-electron chi connectivity index (χ3n) is 4.11. The lowest BCUT2D eigenvalue weighted by Gasteiger charge is -2.40. The van der Waals surface area contributed by atoms with Gasteiger partial charge >= 0.3 is 0 Å². The number of nitrogens with one attached hydrogen (secondary N) is 1. The van der Waals surface area contributed by atoms with Crippen molar-refractivity contribution >= 4 is 0 Å². The fourth-order valence-corrected chi connectivity index (χ4v) is 3.14. The normalized spacial score (nSPS) is 28.2. The zero-order valence-corrected chi connectivity index (χ0v) is 8.89. The Morgan fingerprint density at radius 1 is 1.07 bits per heavy atom. The van der Waals surface area contributed by atoms with Gasteiger partial charge in [-0.25, -0.2) is 0 Å². The highest BCUT2D eigenvalue weighted by atomic mass is 14.9. The van der Waals surface area contributed by atoms with Crippen LogP contribution in [0.5, 0.6) is 0 Å². The molecular weight excluding hydrogens is 172 g/mol. The van der Waals surface area contributed by atoms with Crippen LogP contribution in [0.1, 0.15) is 44.9 Å². The molecule has 0 bridgehead atoms. The molecule has 1 aliphatic heterocycles. The SMILES string of the molecule is N#CC1(C2CCCCC2)CCNCC1. The molecule has 0 aromatic carbocycles. The fourth-order valence-electron chi connectivity index (χ4n) is 3.14. The molecule has 0 spiro atoms. The van der Waals surface area contributed by atoms with E-state index in [2.05, 4.69) is 11.4 Å². The van der Waals surface area contributed by atoms with Crippen molar-refractivity contribution in [1.29, 1.82) is 5.26 Å². The molecule has 14 heavy (non-hydrogen) atoms. The van der Waals surface area contributed by atoms with Gasteiger partial charge in [0, 0.05) is 0 Å². The lowest BCUT2D eigenvalue weighted by atomic mass is 9.65. The van der Waals surface area contributed by atoms with Crippen LogP contribution in [0, 0.1) is 22.7 Å². The first-order chi connectivity index (χ1) is 6.87. The first-order valence-corrected chi connectivity index (χ1v) is 5.99. The van der Waals surface area contributed by atoms with Gasteiger partial charge in [-0.2, -0.15) is 5.26 Å². The van der Waals surface area contributed by atoms with Crippen LogP contribution in [0.15, 0.2) is 0 Å². The molecule has 0 radical (unpaired) electrons. The minimum absolute atomic E-state index is 0.0334. The van der Waals surface area contributed by atoms with Crippen molar-refractivity contribution in [2.45, 2.75) is 44.9 Å². The fraction of sp³-hybridized carbons (Fsp3) is 0.917. The van der Waals surface area contributed by atoms with Crippen LogP contribution >= 0.6 is 0 Å². The summed E-state index contributed by atoms with van der Waals surface area (Å²) in [5, 5.41) is 12.8. The van der Waals surface area contributed by atoms with Crippen molar-refractivity contribution in [3.8, 4) is 6.07 Å². The largest absolute Gasteiger partial charge is 0.317 e. The molecule has 2 rings (SSSR count). The monoisotopic (exact) mass is 192 g/mol. The molecule has 1 N–H and O–H groups in total. The van der Waals surface area contributed by atoms with E-state index in [0.29, 0.717) is 5.92 Å². The Morgan fingerprint density at radius 3 is 2.29 bits per heavy atom. The minimum Gasteiger partial charge on any atom is -0.317 e. The summed E-state index contributed by atoms with van der Waals surface area (Å²) < 4.78 is 0. The standard InChI is InChI=1S/C12H20N2/c13-10-12(6-8-14-9-7-12)11-4-2-1-3-5-11/h11,14H,1-9H2. The van der Waals surface area contributed by atoms with Gasteiger partial charge in [0.2, 0.25) is 0 Å². The maximum absolute atomic E-state index is 9.42. The summed E-state index contributed by atoms with van der Waals surface area (Å²) in [5.41, 5.74) is 0.0334. The Balaban J connectivity index is 2.06. The highest BCUT2D eigenvalue weighted by Gasteiger charge is 2.40. The molecule has 2 heteroatoms. The first kappa shape index (κ1) is 9.98. The predicted molar refractivity (Wildman–Crippen MR) is 56.7 cm³/mol. The first-order valence-electron chi connectivity index (χ1n) is 5.99. The average molecular weight is 192 g/mol. The third-order valence-corrected chi connectivity index (χ3v) is 4.11. The quantitative estimate of drug-likeness (QED) is 0.692. The van der Waals surface area contributed by atoms with Crippen LogP contribution in [0.2, 0.25) is 0 Å². The van der Waals surface area contributed by atoms with Gasteiger partial charge in [0.1, 0.15) is 0 Å². The Kier molecular flexibility index (Phi) is 3.08. The van der Waals surface area contributed by atoms with Crippen molar-refractivity contribution < 1.29 is 0 Å². The Hall–Kier alpha value is -0.550. The van der Waals surface area contributed by atoms with Gasteiger partial charge in [0.15, 0.2) is 0 Å². The number of hydrogen-bond acceptors (Lipinski definition) is 2. The highest BCUT2D eigenvalue weighted by Crippen LogP contribution is 2.43. The number of hydrogen-bond donors (Lipinski definition) is 1. The molecule has 1 aliphatic carbocycles. The summed E-state index contributed by atoms with van der Waals surface area (Å²) in [4.78, 5) is 0. The van der Waals surface area contributed by atoms with E-state index in [1.165, 1.54) is 32.1 Å². The van der Waals surface area contributed by atoms with E-state index < -0.39 is 0 Å². The van der Waals surface area contributed by atoms with Crippen LogP contribution in [0.3, 0.4) is 0 Å². The number of piperidine rings is 1. The number of rotatable bonds is 1. The summed E-state index contributed by atoms with van der Waals surface area (Å²) in [7, 11) is 0. The van der Waals surface area contributed by atoms with Crippen LogP contribution in [-0.4, -0.2) is 13.1 Å². The van der Waals surface area contributed by atoms with Crippen molar-refractivity contribution in [1.82, 2.24) is 5.32 Å². The van der Waals surface area contributed by atoms with E-state index in [1.807, 2.05) is 0 Å². The molecule has 2 nitrogen and oxygen atoms in total. The molecule has 2 fully saturated rings. The van der Waals surface area contributed by atoms with Gasteiger partial charge in [-0.3, -0.25) is 0 Å². The Labute approximate surface area is 86.7 Å². The molecular formula is C12H20N2. The molecule has 0 unspecified atom stereocenters. The predicted octanol–water partition coefficient (Wildman–Crippen LogP) is 2.46. The summed E-state index contributed by atoms with van der Waals surface area (Å²) in [6, 6.07) is 2.65. The Morgan fingerprint density at radius 2 is 1.71 bits per heavy atom. The molecule has 0 amide bonds. The Bertz CT molecular complexity index is 217. The number of nitrogens with zero attached hydrogens (tertiary/aromatic N) is 1. The summed E-state index contributed by atoms with van der Waals surface area (Å²) in [5.74, 6) is 0.698. The zero-order valence-electron chi connectivity index (χ0n) is 8.89. The van der Waals surface area contributed by atoms with Gasteiger partial charge in [-0.15, -0.1) is 0 Å². The van der Waals surface area contributed by atoms with E-state index in [9.17, 15) is 5.26 Å².